The number of ether oxygens (including phenoxy) is 1. The molecule has 0 aliphatic heterocycles. The van der Waals surface area contributed by atoms with Gasteiger partial charge in [0.2, 0.25) is 5.67 Å². The van der Waals surface area contributed by atoms with Crippen LogP contribution in [0.5, 0.6) is 5.75 Å². The van der Waals surface area contributed by atoms with Gasteiger partial charge in [-0.1, -0.05) is 11.6 Å². The van der Waals surface area contributed by atoms with E-state index in [9.17, 15) is 9.18 Å². The van der Waals surface area contributed by atoms with Crippen molar-refractivity contribution in [3.8, 4) is 5.75 Å². The second-order valence-corrected chi connectivity index (χ2v) is 3.51. The molecule has 0 aliphatic rings. The molecule has 15 heavy (non-hydrogen) atoms. The lowest BCUT2D eigenvalue weighted by molar-refractivity contribution is -0.150. The Morgan fingerprint density at radius 1 is 1.53 bits per heavy atom. The molecule has 0 aromatic heterocycles. The summed E-state index contributed by atoms with van der Waals surface area (Å²) in [5.41, 5.74) is -1.61. The lowest BCUT2D eigenvalue weighted by Crippen LogP contribution is -2.27. The van der Waals surface area contributed by atoms with Crippen molar-refractivity contribution in [2.24, 2.45) is 0 Å². The van der Waals surface area contributed by atoms with Crippen LogP contribution in [0.4, 0.5) is 4.39 Å². The molecule has 0 fully saturated rings. The zero-order chi connectivity index (χ0) is 11.6. The number of hydrogen-bond donors (Lipinski definition) is 1. The predicted octanol–water partition coefficient (Wildman–Crippen LogP) is 2.27. The number of benzene rings is 1. The molecule has 82 valence electrons. The number of hydrogen-bond acceptors (Lipinski definition) is 2. The fourth-order valence-electron chi connectivity index (χ4n) is 1.30. The third-order valence-corrected chi connectivity index (χ3v) is 2.26. The number of carboxylic acid groups (broad SMARTS) is 1. The molecule has 1 N–H and O–H groups in total. The molecule has 1 aromatic rings. The first kappa shape index (κ1) is 11.5. The number of carbonyl (C=O) groups is 1. The smallest absolute Gasteiger partial charge is 0.346 e. The average Bonchev–Trinajstić information content (AvgIpc) is 2.17. The van der Waals surface area contributed by atoms with Crippen molar-refractivity contribution in [3.05, 3.63) is 29.3 Å². The third kappa shape index (κ3) is 2.09. The normalized spacial score (nSPS) is 14.4. The lowest BCUT2D eigenvalue weighted by atomic mass is 9.95. The van der Waals surface area contributed by atoms with Gasteiger partial charge in [-0.15, -0.1) is 0 Å². The van der Waals surface area contributed by atoms with Crippen LogP contribution in [0.25, 0.3) is 0 Å². The molecule has 0 saturated heterocycles. The monoisotopic (exact) mass is 212 g/mol. The van der Waals surface area contributed by atoms with Crippen molar-refractivity contribution >= 4 is 5.97 Å². The van der Waals surface area contributed by atoms with Crippen LogP contribution >= 0.6 is 0 Å². The fourth-order valence-corrected chi connectivity index (χ4v) is 1.30. The SMILES string of the molecule is COc1ccc(C)cc1C(C)(F)C(=O)O. The van der Waals surface area contributed by atoms with Gasteiger partial charge in [-0.2, -0.15) is 0 Å². The molecule has 0 bridgehead atoms. The summed E-state index contributed by atoms with van der Waals surface area (Å²) in [6, 6.07) is 4.78. The Morgan fingerprint density at radius 2 is 2.13 bits per heavy atom. The van der Waals surface area contributed by atoms with Crippen molar-refractivity contribution in [1.29, 1.82) is 0 Å². The summed E-state index contributed by atoms with van der Waals surface area (Å²) in [6.07, 6.45) is 0. The Morgan fingerprint density at radius 3 is 2.60 bits per heavy atom. The van der Waals surface area contributed by atoms with Crippen molar-refractivity contribution in [3.63, 3.8) is 0 Å². The summed E-state index contributed by atoms with van der Waals surface area (Å²) in [5, 5.41) is 8.77. The molecule has 3 nitrogen and oxygen atoms in total. The van der Waals surface area contributed by atoms with E-state index >= 15 is 0 Å². The van der Waals surface area contributed by atoms with Crippen LogP contribution in [0.15, 0.2) is 18.2 Å². The standard InChI is InChI=1S/C11H13FO3/c1-7-4-5-9(15-3)8(6-7)11(2,12)10(13)14/h4-6H,1-3H3,(H,13,14). The molecule has 0 saturated carbocycles. The Bertz CT molecular complexity index is 385. The molecular weight excluding hydrogens is 199 g/mol. The zero-order valence-electron chi connectivity index (χ0n) is 8.87. The summed E-state index contributed by atoms with van der Waals surface area (Å²) < 4.78 is 18.8. The molecular formula is C11H13FO3. The van der Waals surface area contributed by atoms with Gasteiger partial charge in [-0.3, -0.25) is 0 Å². The molecule has 1 unspecified atom stereocenters. The second kappa shape index (κ2) is 3.88. The Hall–Kier alpha value is -1.58. The molecule has 4 heteroatoms. The summed E-state index contributed by atoms with van der Waals surface area (Å²) in [7, 11) is 1.38. The Kier molecular flexibility index (Phi) is 2.98. The van der Waals surface area contributed by atoms with Crippen LogP contribution < -0.4 is 4.74 Å². The lowest BCUT2D eigenvalue weighted by Gasteiger charge is -2.19. The van der Waals surface area contributed by atoms with Crippen LogP contribution in [0.3, 0.4) is 0 Å². The van der Waals surface area contributed by atoms with E-state index in [2.05, 4.69) is 0 Å². The van der Waals surface area contributed by atoms with E-state index in [1.807, 2.05) is 0 Å². The molecule has 0 spiro atoms. The van der Waals surface area contributed by atoms with Crippen molar-refractivity contribution in [2.45, 2.75) is 19.5 Å². The highest BCUT2D eigenvalue weighted by atomic mass is 19.1. The summed E-state index contributed by atoms with van der Waals surface area (Å²) in [5.74, 6) is -1.28. The van der Waals surface area contributed by atoms with E-state index in [1.165, 1.54) is 13.2 Å². The quantitative estimate of drug-likeness (QED) is 0.836. The molecule has 1 atom stereocenters. The highest BCUT2D eigenvalue weighted by molar-refractivity contribution is 5.80. The predicted molar refractivity (Wildman–Crippen MR) is 53.8 cm³/mol. The molecule has 1 rings (SSSR count). The van der Waals surface area contributed by atoms with Gasteiger partial charge in [0.1, 0.15) is 5.75 Å². The minimum atomic E-state index is -2.43. The zero-order valence-corrected chi connectivity index (χ0v) is 8.87. The first-order valence-corrected chi connectivity index (χ1v) is 4.47. The van der Waals surface area contributed by atoms with Crippen molar-refractivity contribution < 1.29 is 19.0 Å². The first-order chi connectivity index (χ1) is 6.89. The molecule has 0 aliphatic carbocycles. The number of alkyl halides is 1. The van der Waals surface area contributed by atoms with Crippen molar-refractivity contribution in [2.75, 3.05) is 7.11 Å². The maximum atomic E-state index is 13.9. The van der Waals surface area contributed by atoms with E-state index in [1.54, 1.807) is 19.1 Å². The van der Waals surface area contributed by atoms with E-state index in [4.69, 9.17) is 9.84 Å². The number of halogens is 1. The molecule has 0 radical (unpaired) electrons. The molecule has 1 aromatic carbocycles. The van der Waals surface area contributed by atoms with Gasteiger partial charge < -0.3 is 9.84 Å². The Labute approximate surface area is 87.5 Å². The fraction of sp³-hybridized carbons (Fsp3) is 0.364. The number of aliphatic carboxylic acids is 1. The van der Waals surface area contributed by atoms with E-state index in [0.29, 0.717) is 0 Å². The summed E-state index contributed by atoms with van der Waals surface area (Å²) in [4.78, 5) is 10.8. The van der Waals surface area contributed by atoms with Crippen LogP contribution in [-0.4, -0.2) is 18.2 Å². The minimum absolute atomic E-state index is 0.0394. The summed E-state index contributed by atoms with van der Waals surface area (Å²) in [6.45, 7) is 2.77. The number of carboxylic acids is 1. The highest BCUT2D eigenvalue weighted by Gasteiger charge is 2.37. The molecule has 0 amide bonds. The van der Waals surface area contributed by atoms with Gasteiger partial charge in [-0.05, 0) is 26.0 Å². The maximum absolute atomic E-state index is 13.9. The number of methoxy groups -OCH3 is 1. The van der Waals surface area contributed by atoms with Gasteiger partial charge >= 0.3 is 5.97 Å². The van der Waals surface area contributed by atoms with Gasteiger partial charge in [0.15, 0.2) is 0 Å². The molecule has 0 heterocycles. The topological polar surface area (TPSA) is 46.5 Å². The van der Waals surface area contributed by atoms with Crippen LogP contribution in [-0.2, 0) is 10.5 Å². The maximum Gasteiger partial charge on any atom is 0.346 e. The number of rotatable bonds is 3. The van der Waals surface area contributed by atoms with E-state index < -0.39 is 11.6 Å². The van der Waals surface area contributed by atoms with Crippen LogP contribution in [0.2, 0.25) is 0 Å². The van der Waals surface area contributed by atoms with Gasteiger partial charge in [0.25, 0.3) is 0 Å². The largest absolute Gasteiger partial charge is 0.496 e. The Balaban J connectivity index is 3.34. The average molecular weight is 212 g/mol. The third-order valence-electron chi connectivity index (χ3n) is 2.26. The number of aryl methyl sites for hydroxylation is 1. The first-order valence-electron chi connectivity index (χ1n) is 4.47. The summed E-state index contributed by atoms with van der Waals surface area (Å²) >= 11 is 0. The van der Waals surface area contributed by atoms with Crippen LogP contribution in [0.1, 0.15) is 18.1 Å². The van der Waals surface area contributed by atoms with Gasteiger partial charge in [-0.25, -0.2) is 9.18 Å². The van der Waals surface area contributed by atoms with E-state index in [0.717, 1.165) is 12.5 Å². The van der Waals surface area contributed by atoms with E-state index in [-0.39, 0.29) is 11.3 Å². The van der Waals surface area contributed by atoms with Crippen molar-refractivity contribution in [1.82, 2.24) is 0 Å². The van der Waals surface area contributed by atoms with Gasteiger partial charge in [0.05, 0.1) is 7.11 Å². The highest BCUT2D eigenvalue weighted by Crippen LogP contribution is 2.34. The van der Waals surface area contributed by atoms with Gasteiger partial charge in [0, 0.05) is 5.56 Å². The second-order valence-electron chi connectivity index (χ2n) is 3.51. The van der Waals surface area contributed by atoms with Crippen LogP contribution in [0, 0.1) is 6.92 Å². The minimum Gasteiger partial charge on any atom is -0.496 e.